The molecule has 8 bridgehead atoms. The van der Waals surface area contributed by atoms with E-state index in [1.165, 1.54) is 44.9 Å². The molecule has 0 spiro atoms. The van der Waals surface area contributed by atoms with Crippen molar-refractivity contribution in [1.29, 1.82) is 0 Å². The molecule has 2 nitrogen and oxygen atoms in total. The first kappa shape index (κ1) is 16.3. The molecule has 2 aliphatic heterocycles. The van der Waals surface area contributed by atoms with Gasteiger partial charge in [-0.25, -0.2) is 0 Å². The van der Waals surface area contributed by atoms with Gasteiger partial charge in [-0.2, -0.15) is 0 Å². The minimum Gasteiger partial charge on any atom is -0.393 e. The van der Waals surface area contributed by atoms with Crippen molar-refractivity contribution in [3.05, 3.63) is 12.2 Å². The zero-order valence-electron chi connectivity index (χ0n) is 17.5. The Bertz CT molecular complexity index is 798. The SMILES string of the molecule is OC1CC2CC1C1C3OC(C21)C1(C2CCCCC2)C2CC(C4C5C=CC(C5)C42)C31. The van der Waals surface area contributed by atoms with Gasteiger partial charge in [0.05, 0.1) is 18.3 Å². The second kappa shape index (κ2) is 5.01. The zero-order valence-corrected chi connectivity index (χ0v) is 17.5. The van der Waals surface area contributed by atoms with E-state index in [9.17, 15) is 5.11 Å². The molecule has 0 radical (unpaired) electrons. The Hall–Kier alpha value is -0.340. The van der Waals surface area contributed by atoms with Crippen molar-refractivity contribution < 1.29 is 9.84 Å². The average molecular weight is 393 g/mol. The van der Waals surface area contributed by atoms with E-state index in [-0.39, 0.29) is 6.10 Å². The first-order valence-corrected chi connectivity index (χ1v) is 13.3. The van der Waals surface area contributed by atoms with E-state index < -0.39 is 0 Å². The van der Waals surface area contributed by atoms with Gasteiger partial charge >= 0.3 is 0 Å². The van der Waals surface area contributed by atoms with E-state index in [0.717, 1.165) is 71.5 Å². The summed E-state index contributed by atoms with van der Waals surface area (Å²) >= 11 is 0. The summed E-state index contributed by atoms with van der Waals surface area (Å²) in [4.78, 5) is 0. The van der Waals surface area contributed by atoms with Gasteiger partial charge in [-0.3, -0.25) is 0 Å². The molecule has 2 heteroatoms. The Morgan fingerprint density at radius 3 is 2.48 bits per heavy atom. The van der Waals surface area contributed by atoms with Crippen molar-refractivity contribution in [2.24, 2.45) is 76.4 Å². The molecule has 2 heterocycles. The number of aliphatic hydroxyl groups is 1. The maximum absolute atomic E-state index is 10.8. The molecule has 9 rings (SSSR count). The summed E-state index contributed by atoms with van der Waals surface area (Å²) in [6.07, 6.45) is 19.3. The molecule has 0 amide bonds. The molecule has 9 aliphatic rings. The highest BCUT2D eigenvalue weighted by molar-refractivity contribution is 5.32. The quantitative estimate of drug-likeness (QED) is 0.519. The Balaban J connectivity index is 1.22. The second-order valence-corrected chi connectivity index (χ2v) is 13.1. The summed E-state index contributed by atoms with van der Waals surface area (Å²) in [6.45, 7) is 0. The van der Waals surface area contributed by atoms with Crippen LogP contribution in [0.25, 0.3) is 0 Å². The summed E-state index contributed by atoms with van der Waals surface area (Å²) in [5.74, 6) is 10.5. The van der Waals surface area contributed by atoms with Crippen molar-refractivity contribution in [2.75, 3.05) is 0 Å². The van der Waals surface area contributed by atoms with E-state index in [4.69, 9.17) is 4.74 Å². The Morgan fingerprint density at radius 2 is 1.62 bits per heavy atom. The van der Waals surface area contributed by atoms with Crippen LogP contribution < -0.4 is 0 Å². The molecule has 6 saturated carbocycles. The minimum atomic E-state index is -0.00922. The Kier molecular flexibility index (Phi) is 2.82. The lowest BCUT2D eigenvalue weighted by molar-refractivity contribution is -0.116. The highest BCUT2D eigenvalue weighted by Crippen LogP contribution is 2.83. The topological polar surface area (TPSA) is 29.5 Å². The summed E-state index contributed by atoms with van der Waals surface area (Å²) < 4.78 is 7.20. The molecule has 15 unspecified atom stereocenters. The van der Waals surface area contributed by atoms with Gasteiger partial charge in [0.25, 0.3) is 0 Å². The van der Waals surface area contributed by atoms with Crippen LogP contribution in [0.1, 0.15) is 57.8 Å². The molecule has 0 aromatic rings. The number of fused-ring (bicyclic) bond motifs is 23. The first-order chi connectivity index (χ1) is 14.3. The van der Waals surface area contributed by atoms with Crippen LogP contribution in [0.15, 0.2) is 12.2 Å². The van der Waals surface area contributed by atoms with Gasteiger partial charge in [0.2, 0.25) is 0 Å². The molecule has 8 fully saturated rings. The normalized spacial score (nSPS) is 70.1. The maximum atomic E-state index is 10.8. The van der Waals surface area contributed by atoms with Gasteiger partial charge in [0, 0.05) is 5.41 Å². The van der Waals surface area contributed by atoms with Crippen LogP contribution in [0, 0.1) is 76.4 Å². The van der Waals surface area contributed by atoms with E-state index >= 15 is 0 Å². The van der Waals surface area contributed by atoms with Gasteiger partial charge in [-0.05, 0) is 110 Å². The van der Waals surface area contributed by atoms with Crippen LogP contribution in [0.2, 0.25) is 0 Å². The number of aliphatic hydroxyl groups excluding tert-OH is 1. The molecule has 29 heavy (non-hydrogen) atoms. The third-order valence-electron chi connectivity index (χ3n) is 13.0. The minimum absolute atomic E-state index is 0.00922. The van der Waals surface area contributed by atoms with E-state index in [2.05, 4.69) is 12.2 Å². The second-order valence-electron chi connectivity index (χ2n) is 13.1. The van der Waals surface area contributed by atoms with Gasteiger partial charge in [0.1, 0.15) is 0 Å². The monoisotopic (exact) mass is 392 g/mol. The maximum Gasteiger partial charge on any atom is 0.0679 e. The van der Waals surface area contributed by atoms with Crippen molar-refractivity contribution in [1.82, 2.24) is 0 Å². The number of hydrogen-bond acceptors (Lipinski definition) is 2. The highest BCUT2D eigenvalue weighted by atomic mass is 16.5. The number of hydrogen-bond donors (Lipinski definition) is 1. The lowest BCUT2D eigenvalue weighted by Crippen LogP contribution is -2.60. The van der Waals surface area contributed by atoms with Crippen LogP contribution in [-0.4, -0.2) is 23.4 Å². The lowest BCUT2D eigenvalue weighted by atomic mass is 9.43. The number of ether oxygens (including phenoxy) is 1. The fourth-order valence-electron chi connectivity index (χ4n) is 13.0. The van der Waals surface area contributed by atoms with Crippen molar-refractivity contribution in [3.8, 4) is 0 Å². The largest absolute Gasteiger partial charge is 0.393 e. The number of rotatable bonds is 1. The predicted octanol–water partition coefficient (Wildman–Crippen LogP) is 4.67. The van der Waals surface area contributed by atoms with Crippen LogP contribution in [0.4, 0.5) is 0 Å². The molecule has 156 valence electrons. The summed E-state index contributed by atoms with van der Waals surface area (Å²) in [5, 5.41) is 10.8. The summed E-state index contributed by atoms with van der Waals surface area (Å²) in [5.41, 5.74) is 0.547. The standard InChI is InChI=1S/C27H36O2/c28-19-10-14-9-16(19)23-22(14)26-27(15-4-2-1-3-5-15)18-11-17(24(27)25(23)29-26)20-12-6-7-13(8-12)21(18)20/h6-7,12-26,28H,1-5,8-11H2. The molecule has 0 aromatic carbocycles. The van der Waals surface area contributed by atoms with Gasteiger partial charge in [-0.15, -0.1) is 0 Å². The van der Waals surface area contributed by atoms with Gasteiger partial charge < -0.3 is 9.84 Å². The van der Waals surface area contributed by atoms with Crippen LogP contribution in [0.5, 0.6) is 0 Å². The molecule has 7 aliphatic carbocycles. The lowest BCUT2D eigenvalue weighted by Gasteiger charge is -2.59. The van der Waals surface area contributed by atoms with Crippen LogP contribution in [-0.2, 0) is 4.74 Å². The summed E-state index contributed by atoms with van der Waals surface area (Å²) in [6, 6.07) is 0. The first-order valence-electron chi connectivity index (χ1n) is 13.3. The fourth-order valence-corrected chi connectivity index (χ4v) is 13.0. The van der Waals surface area contributed by atoms with Crippen molar-refractivity contribution >= 4 is 0 Å². The molecule has 1 N–H and O–H groups in total. The third-order valence-corrected chi connectivity index (χ3v) is 13.0. The zero-order chi connectivity index (χ0) is 18.6. The molecule has 2 saturated heterocycles. The number of allylic oxidation sites excluding steroid dienone is 2. The van der Waals surface area contributed by atoms with Crippen molar-refractivity contribution in [2.45, 2.75) is 76.1 Å². The predicted molar refractivity (Wildman–Crippen MR) is 110 cm³/mol. The third kappa shape index (κ3) is 1.54. The van der Waals surface area contributed by atoms with Crippen LogP contribution in [0.3, 0.4) is 0 Å². The Morgan fingerprint density at radius 1 is 0.793 bits per heavy atom. The van der Waals surface area contributed by atoms with Gasteiger partial charge in [-0.1, -0.05) is 31.4 Å². The van der Waals surface area contributed by atoms with E-state index in [1.54, 1.807) is 6.42 Å². The van der Waals surface area contributed by atoms with E-state index in [0.29, 0.717) is 23.5 Å². The molecule has 0 aromatic heterocycles. The fraction of sp³-hybridized carbons (Fsp3) is 0.926. The van der Waals surface area contributed by atoms with Crippen LogP contribution >= 0.6 is 0 Å². The van der Waals surface area contributed by atoms with Gasteiger partial charge in [0.15, 0.2) is 0 Å². The Labute approximate surface area is 174 Å². The summed E-state index contributed by atoms with van der Waals surface area (Å²) in [7, 11) is 0. The molecule has 15 atom stereocenters. The highest BCUT2D eigenvalue weighted by Gasteiger charge is 2.83. The van der Waals surface area contributed by atoms with E-state index in [1.807, 2.05) is 0 Å². The average Bonchev–Trinajstić information content (AvgIpc) is 3.57. The van der Waals surface area contributed by atoms with Crippen molar-refractivity contribution in [3.63, 3.8) is 0 Å². The molecular weight excluding hydrogens is 356 g/mol. The molecular formula is C27H36O2. The smallest absolute Gasteiger partial charge is 0.0679 e.